The molecule has 0 aromatic heterocycles. The van der Waals surface area contributed by atoms with Gasteiger partial charge >= 0.3 is 0 Å². The van der Waals surface area contributed by atoms with Crippen molar-refractivity contribution < 1.29 is 5.11 Å². The third-order valence-corrected chi connectivity index (χ3v) is 4.95. The van der Waals surface area contributed by atoms with Gasteiger partial charge in [0.15, 0.2) is 0 Å². The van der Waals surface area contributed by atoms with E-state index in [1.165, 1.54) is 24.0 Å². The highest BCUT2D eigenvalue weighted by Gasteiger charge is 2.45. The lowest BCUT2D eigenvalue weighted by Crippen LogP contribution is -2.42. The Hall–Kier alpha value is -0.560. The van der Waals surface area contributed by atoms with Crippen molar-refractivity contribution in [2.75, 3.05) is 0 Å². The maximum Gasteiger partial charge on any atom is 0.0761 e. The number of hydrogen-bond donors (Lipinski definition) is 1. The summed E-state index contributed by atoms with van der Waals surface area (Å²) in [5, 5.41) is 10.3. The largest absolute Gasteiger partial charge is 0.389 e. The van der Waals surface area contributed by atoms with Crippen LogP contribution in [0.3, 0.4) is 0 Å². The quantitative estimate of drug-likeness (QED) is 0.668. The molecule has 1 heteroatoms. The van der Waals surface area contributed by atoms with Crippen molar-refractivity contribution in [1.82, 2.24) is 0 Å². The Balaban J connectivity index is 2.32. The lowest BCUT2D eigenvalue weighted by Gasteiger charge is -2.49. The molecule has 1 N–H and O–H groups in total. The first-order valence-electron chi connectivity index (χ1n) is 6.49. The van der Waals surface area contributed by atoms with Crippen molar-refractivity contribution in [2.45, 2.75) is 52.6 Å². The van der Waals surface area contributed by atoms with E-state index in [1.807, 2.05) is 0 Å². The second kappa shape index (κ2) is 4.03. The fourth-order valence-electron chi connectivity index (χ4n) is 3.53. The zero-order valence-electron chi connectivity index (χ0n) is 10.8. The SMILES string of the molecule is C=C(C)C1CC(O)C2=CCCC(C)C2(C)C1. The zero-order chi connectivity index (χ0) is 11.9. The summed E-state index contributed by atoms with van der Waals surface area (Å²) in [5.41, 5.74) is 2.75. The topological polar surface area (TPSA) is 20.2 Å². The average molecular weight is 220 g/mol. The van der Waals surface area contributed by atoms with Gasteiger partial charge in [0.25, 0.3) is 0 Å². The standard InChI is InChI=1S/C15H24O/c1-10(2)12-8-14(16)13-7-5-6-11(3)15(13,4)9-12/h7,11-12,14,16H,1,5-6,8-9H2,2-4H3. The first-order valence-corrected chi connectivity index (χ1v) is 6.49. The minimum absolute atomic E-state index is 0.208. The van der Waals surface area contributed by atoms with Crippen LogP contribution in [0, 0.1) is 17.3 Å². The van der Waals surface area contributed by atoms with E-state index in [0.29, 0.717) is 11.8 Å². The van der Waals surface area contributed by atoms with Crippen LogP contribution in [0.15, 0.2) is 23.8 Å². The van der Waals surface area contributed by atoms with E-state index < -0.39 is 0 Å². The van der Waals surface area contributed by atoms with Gasteiger partial charge in [-0.2, -0.15) is 0 Å². The molecule has 0 spiro atoms. The van der Waals surface area contributed by atoms with Gasteiger partial charge in [-0.1, -0.05) is 32.1 Å². The van der Waals surface area contributed by atoms with Crippen LogP contribution in [0.25, 0.3) is 0 Å². The fourth-order valence-corrected chi connectivity index (χ4v) is 3.53. The van der Waals surface area contributed by atoms with Crippen molar-refractivity contribution in [1.29, 1.82) is 0 Å². The van der Waals surface area contributed by atoms with Gasteiger partial charge in [-0.15, -0.1) is 0 Å². The molecular weight excluding hydrogens is 196 g/mol. The predicted molar refractivity (Wildman–Crippen MR) is 68.1 cm³/mol. The van der Waals surface area contributed by atoms with Gasteiger partial charge in [-0.3, -0.25) is 0 Å². The fraction of sp³-hybridized carbons (Fsp3) is 0.733. The van der Waals surface area contributed by atoms with Crippen LogP contribution in [0.4, 0.5) is 0 Å². The third-order valence-electron chi connectivity index (χ3n) is 4.95. The molecule has 2 rings (SSSR count). The predicted octanol–water partition coefficient (Wildman–Crippen LogP) is 3.70. The Morgan fingerprint density at radius 1 is 1.56 bits per heavy atom. The molecule has 0 saturated heterocycles. The zero-order valence-corrected chi connectivity index (χ0v) is 10.8. The molecule has 4 atom stereocenters. The van der Waals surface area contributed by atoms with E-state index in [0.717, 1.165) is 12.8 Å². The van der Waals surface area contributed by atoms with Gasteiger partial charge in [0, 0.05) is 0 Å². The molecule has 2 aliphatic rings. The number of allylic oxidation sites excluding steroid dienone is 2. The van der Waals surface area contributed by atoms with E-state index in [9.17, 15) is 5.11 Å². The molecule has 0 bridgehead atoms. The van der Waals surface area contributed by atoms with Gasteiger partial charge in [-0.05, 0) is 55.4 Å². The summed E-state index contributed by atoms with van der Waals surface area (Å²) in [6.45, 7) is 10.8. The van der Waals surface area contributed by atoms with Crippen LogP contribution < -0.4 is 0 Å². The Morgan fingerprint density at radius 3 is 2.88 bits per heavy atom. The smallest absolute Gasteiger partial charge is 0.0761 e. The summed E-state index contributed by atoms with van der Waals surface area (Å²) in [7, 11) is 0. The van der Waals surface area contributed by atoms with Crippen LogP contribution in [0.1, 0.15) is 46.5 Å². The molecule has 16 heavy (non-hydrogen) atoms. The molecule has 0 aromatic carbocycles. The number of fused-ring (bicyclic) bond motifs is 1. The highest BCUT2D eigenvalue weighted by atomic mass is 16.3. The van der Waals surface area contributed by atoms with Crippen LogP contribution in [-0.2, 0) is 0 Å². The van der Waals surface area contributed by atoms with E-state index in [4.69, 9.17) is 0 Å². The van der Waals surface area contributed by atoms with Crippen molar-refractivity contribution in [3.63, 3.8) is 0 Å². The van der Waals surface area contributed by atoms with Gasteiger partial charge in [0.1, 0.15) is 0 Å². The summed E-state index contributed by atoms with van der Waals surface area (Å²) >= 11 is 0. The second-order valence-corrected chi connectivity index (χ2v) is 6.05. The van der Waals surface area contributed by atoms with Crippen molar-refractivity contribution >= 4 is 0 Å². The van der Waals surface area contributed by atoms with Crippen molar-refractivity contribution in [3.05, 3.63) is 23.8 Å². The van der Waals surface area contributed by atoms with E-state index in [1.54, 1.807) is 0 Å². The summed E-state index contributed by atoms with van der Waals surface area (Å²) in [4.78, 5) is 0. The molecule has 0 aliphatic heterocycles. The van der Waals surface area contributed by atoms with E-state index in [-0.39, 0.29) is 11.5 Å². The summed E-state index contributed by atoms with van der Waals surface area (Å²) in [6.07, 6.45) is 6.51. The first kappa shape index (κ1) is 11.9. The summed E-state index contributed by atoms with van der Waals surface area (Å²) in [6, 6.07) is 0. The molecule has 0 radical (unpaired) electrons. The number of aliphatic hydroxyl groups is 1. The van der Waals surface area contributed by atoms with Crippen molar-refractivity contribution in [3.8, 4) is 0 Å². The molecule has 2 aliphatic carbocycles. The lowest BCUT2D eigenvalue weighted by molar-refractivity contribution is 0.0616. The molecule has 0 heterocycles. The molecule has 0 aromatic rings. The summed E-state index contributed by atoms with van der Waals surface area (Å²) in [5.74, 6) is 1.18. The molecule has 1 nitrogen and oxygen atoms in total. The van der Waals surface area contributed by atoms with Gasteiger partial charge in [0.05, 0.1) is 6.10 Å². The average Bonchev–Trinajstić information content (AvgIpc) is 2.20. The molecule has 90 valence electrons. The Bertz CT molecular complexity index is 328. The molecule has 0 amide bonds. The highest BCUT2D eigenvalue weighted by Crippen LogP contribution is 2.53. The lowest BCUT2D eigenvalue weighted by atomic mass is 9.57. The Kier molecular flexibility index (Phi) is 3.00. The van der Waals surface area contributed by atoms with Crippen LogP contribution in [-0.4, -0.2) is 11.2 Å². The maximum absolute atomic E-state index is 10.3. The van der Waals surface area contributed by atoms with E-state index >= 15 is 0 Å². The molecule has 4 unspecified atom stereocenters. The van der Waals surface area contributed by atoms with E-state index in [2.05, 4.69) is 33.4 Å². The third kappa shape index (κ3) is 1.75. The summed E-state index contributed by atoms with van der Waals surface area (Å²) < 4.78 is 0. The van der Waals surface area contributed by atoms with Crippen LogP contribution in [0.5, 0.6) is 0 Å². The Labute approximate surface area is 99.3 Å². The van der Waals surface area contributed by atoms with Gasteiger partial charge < -0.3 is 5.11 Å². The monoisotopic (exact) mass is 220 g/mol. The minimum Gasteiger partial charge on any atom is -0.389 e. The highest BCUT2D eigenvalue weighted by molar-refractivity contribution is 5.27. The number of rotatable bonds is 1. The first-order chi connectivity index (χ1) is 7.45. The number of hydrogen-bond acceptors (Lipinski definition) is 1. The van der Waals surface area contributed by atoms with Crippen LogP contribution in [0.2, 0.25) is 0 Å². The maximum atomic E-state index is 10.3. The normalized spacial score (nSPS) is 43.5. The van der Waals surface area contributed by atoms with Crippen LogP contribution >= 0.6 is 0 Å². The molecule has 1 fully saturated rings. The molecule has 1 saturated carbocycles. The second-order valence-electron chi connectivity index (χ2n) is 6.05. The van der Waals surface area contributed by atoms with Gasteiger partial charge in [0.2, 0.25) is 0 Å². The number of aliphatic hydroxyl groups excluding tert-OH is 1. The Morgan fingerprint density at radius 2 is 2.25 bits per heavy atom. The van der Waals surface area contributed by atoms with Gasteiger partial charge in [-0.25, -0.2) is 0 Å². The minimum atomic E-state index is -0.233. The molecular formula is C15H24O. The van der Waals surface area contributed by atoms with Crippen molar-refractivity contribution in [2.24, 2.45) is 17.3 Å².